The van der Waals surface area contributed by atoms with Crippen molar-refractivity contribution < 1.29 is 19.6 Å². The van der Waals surface area contributed by atoms with Crippen LogP contribution < -0.4 is 5.32 Å². The van der Waals surface area contributed by atoms with Gasteiger partial charge < -0.3 is 10.4 Å². The molecule has 0 aliphatic rings. The summed E-state index contributed by atoms with van der Waals surface area (Å²) in [7, 11) is 0. The molecule has 0 saturated carbocycles. The van der Waals surface area contributed by atoms with E-state index in [1.807, 2.05) is 0 Å². The van der Waals surface area contributed by atoms with E-state index >= 15 is 0 Å². The van der Waals surface area contributed by atoms with Crippen LogP contribution in [0.2, 0.25) is 5.02 Å². The minimum absolute atomic E-state index is 0.0403. The molecule has 0 saturated heterocycles. The van der Waals surface area contributed by atoms with Crippen LogP contribution in [0.15, 0.2) is 48.5 Å². The Morgan fingerprint density at radius 2 is 1.96 bits per heavy atom. The monoisotopic (exact) mass is 346 g/mol. The van der Waals surface area contributed by atoms with Crippen LogP contribution in [0.25, 0.3) is 6.08 Å². The van der Waals surface area contributed by atoms with Gasteiger partial charge >= 0.3 is 5.97 Å². The third-order valence-corrected chi connectivity index (χ3v) is 3.33. The molecule has 2 aromatic carbocycles. The van der Waals surface area contributed by atoms with E-state index < -0.39 is 16.8 Å². The van der Waals surface area contributed by atoms with Crippen LogP contribution in [0.3, 0.4) is 0 Å². The molecular formula is C16H11ClN2O5. The van der Waals surface area contributed by atoms with E-state index in [0.717, 1.165) is 6.08 Å². The standard InChI is InChI=1S/C16H11ClN2O5/c17-14-6-5-13(19(23)24)9-10(14)4-7-15(20)18-12-3-1-2-11(8-12)16(21)22/h1-9H,(H,18,20)(H,21,22). The smallest absolute Gasteiger partial charge is 0.335 e. The molecule has 8 heteroatoms. The Bertz CT molecular complexity index is 848. The first kappa shape index (κ1) is 17.2. The number of nitro groups is 1. The summed E-state index contributed by atoms with van der Waals surface area (Å²) >= 11 is 5.93. The number of carbonyl (C=O) groups is 2. The number of hydrogen-bond donors (Lipinski definition) is 2. The number of halogens is 1. The number of anilines is 1. The number of hydrogen-bond acceptors (Lipinski definition) is 4. The highest BCUT2D eigenvalue weighted by molar-refractivity contribution is 6.32. The van der Waals surface area contributed by atoms with Crippen molar-refractivity contribution in [2.75, 3.05) is 5.32 Å². The lowest BCUT2D eigenvalue weighted by molar-refractivity contribution is -0.384. The highest BCUT2D eigenvalue weighted by Gasteiger charge is 2.08. The molecule has 0 aromatic heterocycles. The number of carboxylic acids is 1. The number of rotatable bonds is 5. The van der Waals surface area contributed by atoms with Crippen molar-refractivity contribution in [1.82, 2.24) is 0 Å². The highest BCUT2D eigenvalue weighted by Crippen LogP contribution is 2.23. The number of aromatic carboxylic acids is 1. The van der Waals surface area contributed by atoms with E-state index in [0.29, 0.717) is 11.3 Å². The van der Waals surface area contributed by atoms with Gasteiger partial charge in [-0.15, -0.1) is 0 Å². The van der Waals surface area contributed by atoms with Gasteiger partial charge in [-0.3, -0.25) is 14.9 Å². The summed E-state index contributed by atoms with van der Waals surface area (Å²) in [6, 6.07) is 9.63. The summed E-state index contributed by atoms with van der Waals surface area (Å²) in [5, 5.41) is 22.4. The number of carboxylic acid groups (broad SMARTS) is 1. The van der Waals surface area contributed by atoms with Crippen LogP contribution in [0.5, 0.6) is 0 Å². The van der Waals surface area contributed by atoms with E-state index in [9.17, 15) is 19.7 Å². The quantitative estimate of drug-likeness (QED) is 0.488. The molecule has 2 rings (SSSR count). The molecule has 7 nitrogen and oxygen atoms in total. The Kier molecular flexibility index (Phi) is 5.28. The molecule has 0 atom stereocenters. The lowest BCUT2D eigenvalue weighted by Crippen LogP contribution is -2.08. The minimum Gasteiger partial charge on any atom is -0.478 e. The van der Waals surface area contributed by atoms with Crippen molar-refractivity contribution in [1.29, 1.82) is 0 Å². The van der Waals surface area contributed by atoms with Gasteiger partial charge in [-0.05, 0) is 30.3 Å². The molecule has 0 radical (unpaired) electrons. The largest absolute Gasteiger partial charge is 0.478 e. The van der Waals surface area contributed by atoms with Gasteiger partial charge in [0.25, 0.3) is 5.69 Å². The van der Waals surface area contributed by atoms with E-state index in [1.54, 1.807) is 6.07 Å². The second-order valence-electron chi connectivity index (χ2n) is 4.67. The molecule has 0 aliphatic heterocycles. The highest BCUT2D eigenvalue weighted by atomic mass is 35.5. The number of nitro benzene ring substituents is 1. The van der Waals surface area contributed by atoms with Gasteiger partial charge in [0.2, 0.25) is 5.91 Å². The van der Waals surface area contributed by atoms with Crippen LogP contribution in [0.1, 0.15) is 15.9 Å². The number of benzene rings is 2. The lowest BCUT2D eigenvalue weighted by atomic mass is 10.2. The van der Waals surface area contributed by atoms with Crippen LogP contribution >= 0.6 is 11.6 Å². The van der Waals surface area contributed by atoms with Gasteiger partial charge in [0.1, 0.15) is 0 Å². The second kappa shape index (κ2) is 7.38. The van der Waals surface area contributed by atoms with Crippen LogP contribution in [-0.4, -0.2) is 21.9 Å². The van der Waals surface area contributed by atoms with Crippen molar-refractivity contribution in [2.45, 2.75) is 0 Å². The first-order valence-corrected chi connectivity index (χ1v) is 7.01. The third kappa shape index (κ3) is 4.40. The normalized spacial score (nSPS) is 10.5. The Balaban J connectivity index is 2.13. The number of nitrogens with one attached hydrogen (secondary N) is 1. The van der Waals surface area contributed by atoms with Crippen molar-refractivity contribution in [3.8, 4) is 0 Å². The average Bonchev–Trinajstić information content (AvgIpc) is 2.54. The van der Waals surface area contributed by atoms with Crippen LogP contribution in [0.4, 0.5) is 11.4 Å². The van der Waals surface area contributed by atoms with Gasteiger partial charge in [0.15, 0.2) is 0 Å². The third-order valence-electron chi connectivity index (χ3n) is 2.98. The molecule has 24 heavy (non-hydrogen) atoms. The van der Waals surface area contributed by atoms with Crippen LogP contribution in [-0.2, 0) is 4.79 Å². The Hall–Kier alpha value is -3.19. The molecule has 0 spiro atoms. The SMILES string of the molecule is O=C(C=Cc1cc([N+](=O)[O-])ccc1Cl)Nc1cccc(C(=O)O)c1. The summed E-state index contributed by atoms with van der Waals surface area (Å²) in [6.07, 6.45) is 2.49. The molecule has 0 fully saturated rings. The topological polar surface area (TPSA) is 110 Å². The van der Waals surface area contributed by atoms with Crippen molar-refractivity contribution in [3.05, 3.63) is 74.8 Å². The molecular weight excluding hydrogens is 336 g/mol. The fourth-order valence-corrected chi connectivity index (χ4v) is 2.03. The molecule has 122 valence electrons. The zero-order valence-electron chi connectivity index (χ0n) is 12.1. The number of nitrogens with zero attached hydrogens (tertiary/aromatic N) is 1. The minimum atomic E-state index is -1.11. The molecule has 0 heterocycles. The Morgan fingerprint density at radius 1 is 1.21 bits per heavy atom. The maximum atomic E-state index is 11.9. The summed E-state index contributed by atoms with van der Waals surface area (Å²) in [4.78, 5) is 32.9. The first-order valence-electron chi connectivity index (χ1n) is 6.63. The maximum absolute atomic E-state index is 11.9. The maximum Gasteiger partial charge on any atom is 0.335 e. The fourth-order valence-electron chi connectivity index (χ4n) is 1.85. The zero-order chi connectivity index (χ0) is 17.7. The second-order valence-corrected chi connectivity index (χ2v) is 5.08. The van der Waals surface area contributed by atoms with E-state index in [1.165, 1.54) is 42.5 Å². The van der Waals surface area contributed by atoms with Crippen molar-refractivity contribution in [3.63, 3.8) is 0 Å². The number of non-ortho nitro benzene ring substituents is 1. The zero-order valence-corrected chi connectivity index (χ0v) is 12.9. The van der Waals surface area contributed by atoms with Gasteiger partial charge in [-0.2, -0.15) is 0 Å². The lowest BCUT2D eigenvalue weighted by Gasteiger charge is -2.03. The van der Waals surface area contributed by atoms with E-state index in [4.69, 9.17) is 16.7 Å². The van der Waals surface area contributed by atoms with Crippen LogP contribution in [0, 0.1) is 10.1 Å². The Labute approximate surface area is 141 Å². The predicted octanol–water partition coefficient (Wildman–Crippen LogP) is 3.60. The summed E-state index contributed by atoms with van der Waals surface area (Å²) in [6.45, 7) is 0. The molecule has 2 aromatic rings. The van der Waals surface area contributed by atoms with E-state index in [2.05, 4.69) is 5.32 Å². The van der Waals surface area contributed by atoms with Crippen molar-refractivity contribution in [2.24, 2.45) is 0 Å². The predicted molar refractivity (Wildman–Crippen MR) is 89.2 cm³/mol. The number of amides is 1. The Morgan fingerprint density at radius 3 is 2.62 bits per heavy atom. The summed E-state index contributed by atoms with van der Waals surface area (Å²) in [5.74, 6) is -1.63. The number of carbonyl (C=O) groups excluding carboxylic acids is 1. The molecule has 1 amide bonds. The van der Waals surface area contributed by atoms with Gasteiger partial charge in [-0.1, -0.05) is 17.7 Å². The molecule has 0 aliphatic carbocycles. The van der Waals surface area contributed by atoms with Gasteiger partial charge in [0.05, 0.1) is 10.5 Å². The molecule has 2 N–H and O–H groups in total. The molecule has 0 bridgehead atoms. The van der Waals surface area contributed by atoms with Gasteiger partial charge in [-0.25, -0.2) is 4.79 Å². The molecule has 0 unspecified atom stereocenters. The fraction of sp³-hybridized carbons (Fsp3) is 0. The summed E-state index contributed by atoms with van der Waals surface area (Å²) < 4.78 is 0. The van der Waals surface area contributed by atoms with Crippen molar-refractivity contribution >= 4 is 40.9 Å². The summed E-state index contributed by atoms with van der Waals surface area (Å²) in [5.41, 5.74) is 0.530. The van der Waals surface area contributed by atoms with E-state index in [-0.39, 0.29) is 16.3 Å². The average molecular weight is 347 g/mol. The van der Waals surface area contributed by atoms with Gasteiger partial charge in [0, 0.05) is 34.5 Å². The first-order chi connectivity index (χ1) is 11.4.